The number of phenolic OH excluding ortho intramolecular Hbond substituents is 1. The van der Waals surface area contributed by atoms with E-state index in [-0.39, 0.29) is 11.4 Å². The van der Waals surface area contributed by atoms with E-state index in [0.717, 1.165) is 48.6 Å². The van der Waals surface area contributed by atoms with E-state index in [1.807, 2.05) is 0 Å². The second-order valence-corrected chi connectivity index (χ2v) is 6.32. The molecule has 21 heavy (non-hydrogen) atoms. The molecule has 1 aromatic carbocycles. The van der Waals surface area contributed by atoms with Gasteiger partial charge < -0.3 is 14.8 Å². The fourth-order valence-electron chi connectivity index (χ4n) is 3.13. The molecular formula is C16H16ClNO3. The second kappa shape index (κ2) is 4.75. The van der Waals surface area contributed by atoms with E-state index in [1.165, 1.54) is 0 Å². The first-order valence-electron chi connectivity index (χ1n) is 7.37. The van der Waals surface area contributed by atoms with E-state index >= 15 is 0 Å². The molecule has 2 aliphatic rings. The molecule has 2 aromatic rings. The highest BCUT2D eigenvalue weighted by Crippen LogP contribution is 2.38. The standard InChI is InChI=1S/C16H16ClNO3/c17-13-6-11-9-2-1-3-10(9)16(20)21-15(11)12(14(13)19)7-18-8-4-5-8/h6,8,18-19H,1-5,7H2. The van der Waals surface area contributed by atoms with Gasteiger partial charge in [-0.2, -0.15) is 0 Å². The van der Waals surface area contributed by atoms with Gasteiger partial charge in [0, 0.05) is 23.5 Å². The van der Waals surface area contributed by atoms with Crippen molar-refractivity contribution >= 4 is 22.6 Å². The van der Waals surface area contributed by atoms with Crippen molar-refractivity contribution in [3.63, 3.8) is 0 Å². The number of hydrogen-bond donors (Lipinski definition) is 2. The monoisotopic (exact) mass is 305 g/mol. The normalized spacial score (nSPS) is 17.4. The third kappa shape index (κ3) is 2.14. The van der Waals surface area contributed by atoms with Crippen LogP contribution < -0.4 is 10.9 Å². The molecule has 4 rings (SSSR count). The Balaban J connectivity index is 1.95. The molecule has 2 N–H and O–H groups in total. The van der Waals surface area contributed by atoms with Crippen molar-refractivity contribution in [1.82, 2.24) is 5.32 Å². The summed E-state index contributed by atoms with van der Waals surface area (Å²) in [6, 6.07) is 2.22. The molecule has 0 aliphatic heterocycles. The largest absolute Gasteiger partial charge is 0.506 e. The maximum absolute atomic E-state index is 12.1. The SMILES string of the molecule is O=c1oc2c(CNC3CC3)c(O)c(Cl)cc2c2c1CCC2. The van der Waals surface area contributed by atoms with Crippen LogP contribution in [0.15, 0.2) is 15.3 Å². The zero-order chi connectivity index (χ0) is 14.6. The molecule has 0 saturated heterocycles. The third-order valence-corrected chi connectivity index (χ3v) is 4.72. The summed E-state index contributed by atoms with van der Waals surface area (Å²) in [7, 11) is 0. The molecule has 1 heterocycles. The average molecular weight is 306 g/mol. The lowest BCUT2D eigenvalue weighted by atomic mass is 10.0. The molecule has 0 amide bonds. The summed E-state index contributed by atoms with van der Waals surface area (Å²) in [5.74, 6) is 0.0124. The maximum Gasteiger partial charge on any atom is 0.339 e. The second-order valence-electron chi connectivity index (χ2n) is 5.92. The summed E-state index contributed by atoms with van der Waals surface area (Å²) in [6.45, 7) is 0.468. The number of nitrogens with one attached hydrogen (secondary N) is 1. The van der Waals surface area contributed by atoms with Crippen LogP contribution >= 0.6 is 11.6 Å². The van der Waals surface area contributed by atoms with Crippen molar-refractivity contribution in [3.05, 3.63) is 38.2 Å². The lowest BCUT2D eigenvalue weighted by Crippen LogP contribution is -2.16. The summed E-state index contributed by atoms with van der Waals surface area (Å²) < 4.78 is 5.51. The molecule has 1 saturated carbocycles. The van der Waals surface area contributed by atoms with Gasteiger partial charge in [-0.05, 0) is 43.7 Å². The van der Waals surface area contributed by atoms with Gasteiger partial charge in [0.25, 0.3) is 0 Å². The molecule has 1 aromatic heterocycles. The fraction of sp³-hybridized carbons (Fsp3) is 0.438. The van der Waals surface area contributed by atoms with Gasteiger partial charge in [-0.25, -0.2) is 4.79 Å². The molecular weight excluding hydrogens is 290 g/mol. The molecule has 0 atom stereocenters. The van der Waals surface area contributed by atoms with Crippen molar-refractivity contribution < 1.29 is 9.52 Å². The van der Waals surface area contributed by atoms with Gasteiger partial charge in [0.15, 0.2) is 0 Å². The van der Waals surface area contributed by atoms with Crippen LogP contribution in [-0.4, -0.2) is 11.1 Å². The van der Waals surface area contributed by atoms with Crippen molar-refractivity contribution in [2.45, 2.75) is 44.7 Å². The van der Waals surface area contributed by atoms with Crippen molar-refractivity contribution in [3.8, 4) is 5.75 Å². The smallest absolute Gasteiger partial charge is 0.339 e. The number of aryl methyl sites for hydroxylation is 1. The first kappa shape index (κ1) is 13.2. The Bertz CT molecular complexity index is 792. The molecule has 110 valence electrons. The summed E-state index contributed by atoms with van der Waals surface area (Å²) in [6.07, 6.45) is 4.90. The highest BCUT2D eigenvalue weighted by Gasteiger charge is 2.25. The minimum Gasteiger partial charge on any atom is -0.506 e. The van der Waals surface area contributed by atoms with Crippen LogP contribution in [0.5, 0.6) is 5.75 Å². The lowest BCUT2D eigenvalue weighted by molar-refractivity contribution is 0.460. The van der Waals surface area contributed by atoms with Crippen LogP contribution in [0.1, 0.15) is 36.0 Å². The predicted molar refractivity (Wildman–Crippen MR) is 81.0 cm³/mol. The fourth-order valence-corrected chi connectivity index (χ4v) is 3.36. The number of rotatable bonds is 3. The van der Waals surface area contributed by atoms with Gasteiger partial charge in [0.1, 0.15) is 11.3 Å². The Morgan fingerprint density at radius 1 is 1.33 bits per heavy atom. The topological polar surface area (TPSA) is 62.5 Å². The summed E-state index contributed by atoms with van der Waals surface area (Å²) in [5.41, 5.74) is 2.61. The van der Waals surface area contributed by atoms with Gasteiger partial charge in [0.05, 0.1) is 10.6 Å². The number of fused-ring (bicyclic) bond motifs is 3. The zero-order valence-corrected chi connectivity index (χ0v) is 12.3. The molecule has 0 bridgehead atoms. The van der Waals surface area contributed by atoms with E-state index < -0.39 is 0 Å². The maximum atomic E-state index is 12.1. The number of aromatic hydroxyl groups is 1. The van der Waals surface area contributed by atoms with Gasteiger partial charge in [-0.1, -0.05) is 11.6 Å². The van der Waals surface area contributed by atoms with Gasteiger partial charge in [0.2, 0.25) is 0 Å². The van der Waals surface area contributed by atoms with Crippen molar-refractivity contribution in [1.29, 1.82) is 0 Å². The van der Waals surface area contributed by atoms with Crippen LogP contribution in [0.4, 0.5) is 0 Å². The minimum atomic E-state index is -0.274. The highest BCUT2D eigenvalue weighted by molar-refractivity contribution is 6.33. The van der Waals surface area contributed by atoms with E-state index in [0.29, 0.717) is 28.8 Å². The highest BCUT2D eigenvalue weighted by atomic mass is 35.5. The van der Waals surface area contributed by atoms with Gasteiger partial charge in [-0.15, -0.1) is 0 Å². The first-order valence-corrected chi connectivity index (χ1v) is 7.75. The van der Waals surface area contributed by atoms with Crippen LogP contribution in [0, 0.1) is 0 Å². The summed E-state index contributed by atoms with van der Waals surface area (Å²) in [5, 5.41) is 14.8. The predicted octanol–water partition coefficient (Wildman–Crippen LogP) is 2.89. The Labute approximate surface area is 126 Å². The molecule has 1 fully saturated rings. The molecule has 0 radical (unpaired) electrons. The Morgan fingerprint density at radius 2 is 2.10 bits per heavy atom. The Morgan fingerprint density at radius 3 is 2.86 bits per heavy atom. The number of benzene rings is 1. The van der Waals surface area contributed by atoms with Crippen LogP contribution in [-0.2, 0) is 19.4 Å². The van der Waals surface area contributed by atoms with Crippen LogP contribution in [0.25, 0.3) is 11.0 Å². The number of hydrogen-bond acceptors (Lipinski definition) is 4. The van der Waals surface area contributed by atoms with E-state index in [4.69, 9.17) is 16.0 Å². The van der Waals surface area contributed by atoms with E-state index in [1.54, 1.807) is 6.07 Å². The zero-order valence-electron chi connectivity index (χ0n) is 11.5. The molecule has 5 heteroatoms. The minimum absolute atomic E-state index is 0.0124. The number of halogens is 1. The molecule has 4 nitrogen and oxygen atoms in total. The Kier molecular flexibility index (Phi) is 2.98. The van der Waals surface area contributed by atoms with E-state index in [9.17, 15) is 9.90 Å². The summed E-state index contributed by atoms with van der Waals surface area (Å²) >= 11 is 6.17. The first-order chi connectivity index (χ1) is 10.1. The number of phenols is 1. The molecule has 0 spiro atoms. The van der Waals surface area contributed by atoms with Crippen molar-refractivity contribution in [2.24, 2.45) is 0 Å². The van der Waals surface area contributed by atoms with Crippen molar-refractivity contribution in [2.75, 3.05) is 0 Å². The van der Waals surface area contributed by atoms with Crippen LogP contribution in [0.2, 0.25) is 5.02 Å². The molecule has 0 unspecified atom stereocenters. The third-order valence-electron chi connectivity index (χ3n) is 4.43. The van der Waals surface area contributed by atoms with E-state index in [2.05, 4.69) is 5.32 Å². The van der Waals surface area contributed by atoms with Gasteiger partial charge >= 0.3 is 5.63 Å². The molecule has 2 aliphatic carbocycles. The summed E-state index contributed by atoms with van der Waals surface area (Å²) in [4.78, 5) is 12.1. The average Bonchev–Trinajstić information content (AvgIpc) is 3.15. The van der Waals surface area contributed by atoms with Gasteiger partial charge in [-0.3, -0.25) is 0 Å². The lowest BCUT2D eigenvalue weighted by Gasteiger charge is -2.12. The van der Waals surface area contributed by atoms with Crippen LogP contribution in [0.3, 0.4) is 0 Å². The quantitative estimate of drug-likeness (QED) is 0.856. The Hall–Kier alpha value is -1.52.